The monoisotopic (exact) mass is 270 g/mol. The first-order chi connectivity index (χ1) is 8.80. The maximum absolute atomic E-state index is 12.9. The number of carboxylic acid groups (broad SMARTS) is 1. The lowest BCUT2D eigenvalue weighted by Crippen LogP contribution is -2.08. The number of carboxylic acids is 1. The van der Waals surface area contributed by atoms with Gasteiger partial charge in [0.1, 0.15) is 11.3 Å². The number of nitrogens with zero attached hydrogens (tertiary/aromatic N) is 2. The SMILES string of the molecule is Cn1cc(C(=O)O)c(-c2ccccc2C(F)(F)F)n1. The van der Waals surface area contributed by atoms with Crippen LogP contribution in [-0.4, -0.2) is 20.9 Å². The van der Waals surface area contributed by atoms with Crippen LogP contribution in [0.25, 0.3) is 11.3 Å². The third-order valence-electron chi connectivity index (χ3n) is 2.55. The smallest absolute Gasteiger partial charge is 0.417 e. The molecule has 0 aliphatic carbocycles. The molecule has 1 aromatic heterocycles. The van der Waals surface area contributed by atoms with Gasteiger partial charge in [-0.3, -0.25) is 4.68 Å². The number of hydrogen-bond acceptors (Lipinski definition) is 2. The Morgan fingerprint density at radius 3 is 2.53 bits per heavy atom. The number of aromatic nitrogens is 2. The Morgan fingerprint density at radius 1 is 1.32 bits per heavy atom. The Bertz CT molecular complexity index is 632. The highest BCUT2D eigenvalue weighted by Crippen LogP contribution is 2.37. The topological polar surface area (TPSA) is 55.1 Å². The van der Waals surface area contributed by atoms with E-state index in [1.807, 2.05) is 0 Å². The van der Waals surface area contributed by atoms with Crippen molar-refractivity contribution in [1.82, 2.24) is 9.78 Å². The second-order valence-electron chi connectivity index (χ2n) is 3.91. The van der Waals surface area contributed by atoms with Crippen LogP contribution in [-0.2, 0) is 13.2 Å². The van der Waals surface area contributed by atoms with Crippen LogP contribution in [0.3, 0.4) is 0 Å². The number of benzene rings is 1. The van der Waals surface area contributed by atoms with Gasteiger partial charge in [-0.05, 0) is 6.07 Å². The van der Waals surface area contributed by atoms with Gasteiger partial charge in [0.25, 0.3) is 0 Å². The van der Waals surface area contributed by atoms with Crippen molar-refractivity contribution in [2.24, 2.45) is 7.05 Å². The fourth-order valence-electron chi connectivity index (χ4n) is 1.78. The maximum atomic E-state index is 12.9. The van der Waals surface area contributed by atoms with Crippen molar-refractivity contribution in [1.29, 1.82) is 0 Å². The molecule has 1 heterocycles. The van der Waals surface area contributed by atoms with E-state index >= 15 is 0 Å². The number of hydrogen-bond donors (Lipinski definition) is 1. The van der Waals surface area contributed by atoms with E-state index in [0.717, 1.165) is 6.07 Å². The van der Waals surface area contributed by atoms with Crippen LogP contribution >= 0.6 is 0 Å². The standard InChI is InChI=1S/C12H9F3N2O2/c1-17-6-8(11(18)19)10(16-17)7-4-2-3-5-9(7)12(13,14)15/h2-6H,1H3,(H,18,19). The van der Waals surface area contributed by atoms with Crippen molar-refractivity contribution in [3.63, 3.8) is 0 Å². The van der Waals surface area contributed by atoms with Crippen LogP contribution in [0, 0.1) is 0 Å². The number of halogens is 3. The quantitative estimate of drug-likeness (QED) is 0.912. The van der Waals surface area contributed by atoms with Gasteiger partial charge >= 0.3 is 12.1 Å². The molecule has 7 heteroatoms. The average molecular weight is 270 g/mol. The summed E-state index contributed by atoms with van der Waals surface area (Å²) in [5.41, 5.74) is -1.61. The number of carbonyl (C=O) groups is 1. The second kappa shape index (κ2) is 4.42. The predicted octanol–water partition coefficient (Wildman–Crippen LogP) is 2.80. The summed E-state index contributed by atoms with van der Waals surface area (Å²) in [5.74, 6) is -1.32. The molecule has 4 nitrogen and oxygen atoms in total. The molecular formula is C12H9F3N2O2. The van der Waals surface area contributed by atoms with Crippen molar-refractivity contribution >= 4 is 5.97 Å². The third-order valence-corrected chi connectivity index (χ3v) is 2.55. The van der Waals surface area contributed by atoms with E-state index in [9.17, 15) is 18.0 Å². The van der Waals surface area contributed by atoms with E-state index in [2.05, 4.69) is 5.10 Å². The van der Waals surface area contributed by atoms with Crippen LogP contribution in [0.4, 0.5) is 13.2 Å². The van der Waals surface area contributed by atoms with Gasteiger partial charge in [0, 0.05) is 18.8 Å². The molecule has 0 fully saturated rings. The van der Waals surface area contributed by atoms with E-state index in [0.29, 0.717) is 0 Å². The summed E-state index contributed by atoms with van der Waals surface area (Å²) >= 11 is 0. The van der Waals surface area contributed by atoms with Crippen molar-refractivity contribution in [3.05, 3.63) is 41.6 Å². The van der Waals surface area contributed by atoms with Crippen LogP contribution in [0.2, 0.25) is 0 Å². The molecule has 0 amide bonds. The molecular weight excluding hydrogens is 261 g/mol. The molecule has 19 heavy (non-hydrogen) atoms. The molecule has 0 aliphatic heterocycles. The van der Waals surface area contributed by atoms with E-state index in [1.165, 1.54) is 36.1 Å². The summed E-state index contributed by atoms with van der Waals surface area (Å²) < 4.78 is 39.8. The normalized spacial score (nSPS) is 11.6. The van der Waals surface area contributed by atoms with Crippen molar-refractivity contribution in [3.8, 4) is 11.3 Å². The number of aryl methyl sites for hydroxylation is 1. The van der Waals surface area contributed by atoms with Gasteiger partial charge in [-0.2, -0.15) is 18.3 Å². The summed E-state index contributed by atoms with van der Waals surface area (Å²) in [5, 5.41) is 12.8. The van der Waals surface area contributed by atoms with Crippen molar-refractivity contribution in [2.45, 2.75) is 6.18 Å². The lowest BCUT2D eigenvalue weighted by Gasteiger charge is -2.11. The summed E-state index contributed by atoms with van der Waals surface area (Å²) in [6.07, 6.45) is -3.39. The Balaban J connectivity index is 2.70. The summed E-state index contributed by atoms with van der Waals surface area (Å²) in [6.45, 7) is 0. The van der Waals surface area contributed by atoms with Crippen molar-refractivity contribution in [2.75, 3.05) is 0 Å². The molecule has 0 spiro atoms. The highest BCUT2D eigenvalue weighted by atomic mass is 19.4. The molecule has 1 aromatic carbocycles. The minimum absolute atomic E-state index is 0.192. The zero-order chi connectivity index (χ0) is 14.2. The summed E-state index contributed by atoms with van der Waals surface area (Å²) in [6, 6.07) is 4.76. The van der Waals surface area contributed by atoms with Gasteiger partial charge in [0.2, 0.25) is 0 Å². The van der Waals surface area contributed by atoms with Gasteiger partial charge in [0.05, 0.1) is 5.56 Å². The molecule has 0 saturated carbocycles. The van der Waals surface area contributed by atoms with E-state index < -0.39 is 17.7 Å². The van der Waals surface area contributed by atoms with Gasteiger partial charge in [0.15, 0.2) is 0 Å². The highest BCUT2D eigenvalue weighted by molar-refractivity contribution is 5.95. The minimum Gasteiger partial charge on any atom is -0.478 e. The first-order valence-corrected chi connectivity index (χ1v) is 5.24. The molecule has 0 unspecified atom stereocenters. The molecule has 0 radical (unpaired) electrons. The Labute approximate surface area is 106 Å². The molecule has 0 aliphatic rings. The van der Waals surface area contributed by atoms with Gasteiger partial charge in [-0.25, -0.2) is 4.79 Å². The second-order valence-corrected chi connectivity index (χ2v) is 3.91. The number of aromatic carboxylic acids is 1. The van der Waals surface area contributed by atoms with Crippen LogP contribution < -0.4 is 0 Å². The maximum Gasteiger partial charge on any atom is 0.417 e. The van der Waals surface area contributed by atoms with Crippen LogP contribution in [0.5, 0.6) is 0 Å². The fourth-order valence-corrected chi connectivity index (χ4v) is 1.78. The zero-order valence-corrected chi connectivity index (χ0v) is 9.77. The third kappa shape index (κ3) is 2.44. The Hall–Kier alpha value is -2.31. The largest absolute Gasteiger partial charge is 0.478 e. The Kier molecular flexibility index (Phi) is 3.05. The first-order valence-electron chi connectivity index (χ1n) is 5.24. The highest BCUT2D eigenvalue weighted by Gasteiger charge is 2.35. The van der Waals surface area contributed by atoms with Crippen molar-refractivity contribution < 1.29 is 23.1 Å². The summed E-state index contributed by atoms with van der Waals surface area (Å²) in [4.78, 5) is 11.0. The molecule has 1 N–H and O–H groups in total. The number of alkyl halides is 3. The predicted molar refractivity (Wildman–Crippen MR) is 60.6 cm³/mol. The first kappa shape index (κ1) is 13.1. The van der Waals surface area contributed by atoms with Gasteiger partial charge < -0.3 is 5.11 Å². The van der Waals surface area contributed by atoms with Crippen LogP contribution in [0.15, 0.2) is 30.5 Å². The molecule has 0 bridgehead atoms. The molecule has 2 aromatic rings. The Morgan fingerprint density at radius 2 is 1.95 bits per heavy atom. The van der Waals surface area contributed by atoms with E-state index in [4.69, 9.17) is 5.11 Å². The summed E-state index contributed by atoms with van der Waals surface area (Å²) in [7, 11) is 1.45. The zero-order valence-electron chi connectivity index (χ0n) is 9.77. The van der Waals surface area contributed by atoms with E-state index in [1.54, 1.807) is 0 Å². The van der Waals surface area contributed by atoms with E-state index in [-0.39, 0.29) is 16.8 Å². The lowest BCUT2D eigenvalue weighted by atomic mass is 10.0. The van der Waals surface area contributed by atoms with Gasteiger partial charge in [-0.1, -0.05) is 18.2 Å². The van der Waals surface area contributed by atoms with Crippen LogP contribution in [0.1, 0.15) is 15.9 Å². The molecule has 100 valence electrons. The number of rotatable bonds is 2. The molecule has 0 atom stereocenters. The molecule has 2 rings (SSSR count). The lowest BCUT2D eigenvalue weighted by molar-refractivity contribution is -0.137. The molecule has 0 saturated heterocycles. The fraction of sp³-hybridized carbons (Fsp3) is 0.167. The average Bonchev–Trinajstić information content (AvgIpc) is 2.70. The van der Waals surface area contributed by atoms with Gasteiger partial charge in [-0.15, -0.1) is 0 Å². The minimum atomic E-state index is -4.57.